The van der Waals surface area contributed by atoms with Crippen LogP contribution in [0.15, 0.2) is 0 Å². The van der Waals surface area contributed by atoms with E-state index in [9.17, 15) is 4.79 Å². The van der Waals surface area contributed by atoms with E-state index < -0.39 is 0 Å². The third-order valence-electron chi connectivity index (χ3n) is 1.80. The highest BCUT2D eigenvalue weighted by Gasteiger charge is 2.10. The SMILES string of the molecule is CCCOCC(=O)NCC(Cl)C(C)C. The number of halogens is 1. The van der Waals surface area contributed by atoms with Gasteiger partial charge in [-0.25, -0.2) is 0 Å². The lowest BCUT2D eigenvalue weighted by atomic mass is 10.1. The van der Waals surface area contributed by atoms with E-state index in [-0.39, 0.29) is 17.9 Å². The van der Waals surface area contributed by atoms with Crippen molar-refractivity contribution in [3.8, 4) is 0 Å². The van der Waals surface area contributed by atoms with Gasteiger partial charge in [0.2, 0.25) is 5.91 Å². The molecule has 0 aromatic heterocycles. The highest BCUT2D eigenvalue weighted by Crippen LogP contribution is 2.07. The van der Waals surface area contributed by atoms with Crippen LogP contribution in [0.3, 0.4) is 0 Å². The van der Waals surface area contributed by atoms with Crippen LogP contribution in [-0.2, 0) is 9.53 Å². The molecule has 1 unspecified atom stereocenters. The summed E-state index contributed by atoms with van der Waals surface area (Å²) >= 11 is 5.97. The van der Waals surface area contributed by atoms with Crippen LogP contribution in [0.1, 0.15) is 27.2 Å². The van der Waals surface area contributed by atoms with Gasteiger partial charge in [0.05, 0.1) is 5.38 Å². The first-order valence-electron chi connectivity index (χ1n) is 5.06. The lowest BCUT2D eigenvalue weighted by Crippen LogP contribution is -2.34. The monoisotopic (exact) mass is 221 g/mol. The zero-order valence-electron chi connectivity index (χ0n) is 9.18. The zero-order chi connectivity index (χ0) is 11.0. The Labute approximate surface area is 91.2 Å². The number of alkyl halides is 1. The van der Waals surface area contributed by atoms with Crippen molar-refractivity contribution in [3.63, 3.8) is 0 Å². The van der Waals surface area contributed by atoms with Crippen molar-refractivity contribution in [2.24, 2.45) is 5.92 Å². The quantitative estimate of drug-likeness (QED) is 0.526. The number of carbonyl (C=O) groups is 1. The van der Waals surface area contributed by atoms with Crippen LogP contribution in [0.5, 0.6) is 0 Å². The Morgan fingerprint density at radius 2 is 2.14 bits per heavy atom. The van der Waals surface area contributed by atoms with Gasteiger partial charge < -0.3 is 10.1 Å². The summed E-state index contributed by atoms with van der Waals surface area (Å²) in [5.74, 6) is 0.276. The van der Waals surface area contributed by atoms with Crippen molar-refractivity contribution in [3.05, 3.63) is 0 Å². The highest BCUT2D eigenvalue weighted by molar-refractivity contribution is 6.21. The number of hydrogen-bond acceptors (Lipinski definition) is 2. The maximum atomic E-state index is 11.2. The van der Waals surface area contributed by atoms with Gasteiger partial charge in [-0.3, -0.25) is 4.79 Å². The smallest absolute Gasteiger partial charge is 0.246 e. The topological polar surface area (TPSA) is 38.3 Å². The van der Waals surface area contributed by atoms with Crippen molar-refractivity contribution in [1.29, 1.82) is 0 Å². The Morgan fingerprint density at radius 1 is 1.50 bits per heavy atom. The zero-order valence-corrected chi connectivity index (χ0v) is 9.93. The summed E-state index contributed by atoms with van der Waals surface area (Å²) in [6, 6.07) is 0. The first kappa shape index (κ1) is 13.7. The summed E-state index contributed by atoms with van der Waals surface area (Å²) in [7, 11) is 0. The highest BCUT2D eigenvalue weighted by atomic mass is 35.5. The van der Waals surface area contributed by atoms with E-state index in [2.05, 4.69) is 5.32 Å². The molecule has 0 aromatic carbocycles. The van der Waals surface area contributed by atoms with Crippen LogP contribution in [0.2, 0.25) is 0 Å². The van der Waals surface area contributed by atoms with E-state index in [1.54, 1.807) is 0 Å². The molecule has 1 amide bonds. The molecule has 0 aliphatic heterocycles. The number of hydrogen-bond donors (Lipinski definition) is 1. The molecule has 84 valence electrons. The number of amides is 1. The van der Waals surface area contributed by atoms with Gasteiger partial charge in [-0.15, -0.1) is 11.6 Å². The third kappa shape index (κ3) is 7.15. The molecular formula is C10H20ClNO2. The second-order valence-electron chi connectivity index (χ2n) is 3.62. The van der Waals surface area contributed by atoms with E-state index in [0.717, 1.165) is 6.42 Å². The fourth-order valence-corrected chi connectivity index (χ4v) is 0.884. The van der Waals surface area contributed by atoms with Crippen molar-refractivity contribution in [2.75, 3.05) is 19.8 Å². The van der Waals surface area contributed by atoms with E-state index in [1.807, 2.05) is 20.8 Å². The molecule has 0 heterocycles. The van der Waals surface area contributed by atoms with Crippen LogP contribution >= 0.6 is 11.6 Å². The average Bonchev–Trinajstić information content (AvgIpc) is 2.14. The largest absolute Gasteiger partial charge is 0.372 e. The Hall–Kier alpha value is -0.280. The summed E-state index contributed by atoms with van der Waals surface area (Å²) < 4.78 is 5.08. The molecule has 0 saturated carbocycles. The second kappa shape index (κ2) is 8.06. The molecule has 1 atom stereocenters. The van der Waals surface area contributed by atoms with E-state index in [0.29, 0.717) is 19.1 Å². The molecule has 0 rings (SSSR count). The van der Waals surface area contributed by atoms with Crippen LogP contribution < -0.4 is 5.32 Å². The molecule has 0 radical (unpaired) electrons. The third-order valence-corrected chi connectivity index (χ3v) is 2.46. The molecular weight excluding hydrogens is 202 g/mol. The molecule has 0 bridgehead atoms. The molecule has 0 aliphatic carbocycles. The molecule has 0 spiro atoms. The Bertz CT molecular complexity index is 162. The lowest BCUT2D eigenvalue weighted by Gasteiger charge is -2.13. The Kier molecular flexibility index (Phi) is 7.90. The van der Waals surface area contributed by atoms with E-state index >= 15 is 0 Å². The molecule has 0 aliphatic rings. The average molecular weight is 222 g/mol. The second-order valence-corrected chi connectivity index (χ2v) is 4.18. The summed E-state index contributed by atoms with van der Waals surface area (Å²) in [5.41, 5.74) is 0. The van der Waals surface area contributed by atoms with Crippen LogP contribution in [-0.4, -0.2) is 31.0 Å². The van der Waals surface area contributed by atoms with Gasteiger partial charge in [0.1, 0.15) is 6.61 Å². The number of ether oxygens (including phenoxy) is 1. The fourth-order valence-electron chi connectivity index (χ4n) is 0.807. The predicted octanol–water partition coefficient (Wildman–Crippen LogP) is 1.79. The fraction of sp³-hybridized carbons (Fsp3) is 0.900. The van der Waals surface area contributed by atoms with Gasteiger partial charge in [-0.2, -0.15) is 0 Å². The maximum Gasteiger partial charge on any atom is 0.246 e. The molecule has 14 heavy (non-hydrogen) atoms. The minimum absolute atomic E-state index is 0.00914. The number of carbonyl (C=O) groups excluding carboxylic acids is 1. The van der Waals surface area contributed by atoms with Gasteiger partial charge >= 0.3 is 0 Å². The maximum absolute atomic E-state index is 11.2. The summed E-state index contributed by atoms with van der Waals surface area (Å²) in [4.78, 5) is 11.2. The van der Waals surface area contributed by atoms with Crippen LogP contribution in [0.4, 0.5) is 0 Å². The molecule has 4 heteroatoms. The minimum Gasteiger partial charge on any atom is -0.372 e. The first-order chi connectivity index (χ1) is 6.57. The predicted molar refractivity (Wildman–Crippen MR) is 58.6 cm³/mol. The van der Waals surface area contributed by atoms with Gasteiger partial charge in [0.15, 0.2) is 0 Å². The van der Waals surface area contributed by atoms with Gasteiger partial charge in [0.25, 0.3) is 0 Å². The molecule has 0 saturated heterocycles. The van der Waals surface area contributed by atoms with Crippen LogP contribution in [0.25, 0.3) is 0 Å². The van der Waals surface area contributed by atoms with Gasteiger partial charge in [-0.05, 0) is 12.3 Å². The van der Waals surface area contributed by atoms with E-state index in [4.69, 9.17) is 16.3 Å². The lowest BCUT2D eigenvalue weighted by molar-refractivity contribution is -0.125. The van der Waals surface area contributed by atoms with E-state index in [1.165, 1.54) is 0 Å². The Balaban J connectivity index is 3.44. The molecule has 1 N–H and O–H groups in total. The molecule has 0 fully saturated rings. The Morgan fingerprint density at radius 3 is 2.64 bits per heavy atom. The van der Waals surface area contributed by atoms with Gasteiger partial charge in [-0.1, -0.05) is 20.8 Å². The van der Waals surface area contributed by atoms with Gasteiger partial charge in [0, 0.05) is 13.2 Å². The normalized spacial score (nSPS) is 12.9. The molecule has 0 aromatic rings. The van der Waals surface area contributed by atoms with Crippen molar-refractivity contribution < 1.29 is 9.53 Å². The van der Waals surface area contributed by atoms with Crippen molar-refractivity contribution >= 4 is 17.5 Å². The number of nitrogens with one attached hydrogen (secondary N) is 1. The minimum atomic E-state index is -0.0928. The molecule has 3 nitrogen and oxygen atoms in total. The van der Waals surface area contributed by atoms with Crippen molar-refractivity contribution in [1.82, 2.24) is 5.32 Å². The number of rotatable bonds is 7. The van der Waals surface area contributed by atoms with Crippen molar-refractivity contribution in [2.45, 2.75) is 32.6 Å². The van der Waals surface area contributed by atoms with Crippen LogP contribution in [0, 0.1) is 5.92 Å². The summed E-state index contributed by atoms with van der Waals surface area (Å²) in [5, 5.41) is 2.72. The summed E-state index contributed by atoms with van der Waals surface area (Å²) in [6.45, 7) is 7.32. The summed E-state index contributed by atoms with van der Waals surface area (Å²) in [6.07, 6.45) is 0.928. The standard InChI is InChI=1S/C10H20ClNO2/c1-4-5-14-7-10(13)12-6-9(11)8(2)3/h8-9H,4-7H2,1-3H3,(H,12,13). The first-order valence-corrected chi connectivity index (χ1v) is 5.50.